The molecule has 16 heavy (non-hydrogen) atoms. The first-order valence-electron chi connectivity index (χ1n) is 5.82. The molecule has 94 valence electrons. The second-order valence-electron chi connectivity index (χ2n) is 4.85. The number of alkyl halides is 1. The Balaban J connectivity index is 1.90. The van der Waals surface area contributed by atoms with Crippen LogP contribution in [0.2, 0.25) is 0 Å². The summed E-state index contributed by atoms with van der Waals surface area (Å²) in [5.41, 5.74) is 5.62. The zero-order chi connectivity index (χ0) is 11.8. The van der Waals surface area contributed by atoms with Crippen LogP contribution in [0.25, 0.3) is 0 Å². The van der Waals surface area contributed by atoms with E-state index in [4.69, 9.17) is 5.73 Å². The second-order valence-corrected chi connectivity index (χ2v) is 7.15. The predicted molar refractivity (Wildman–Crippen MR) is 60.7 cm³/mol. The van der Waals surface area contributed by atoms with Crippen molar-refractivity contribution >= 4 is 9.84 Å². The maximum absolute atomic E-state index is 13.4. The zero-order valence-corrected chi connectivity index (χ0v) is 10.1. The van der Waals surface area contributed by atoms with E-state index < -0.39 is 16.0 Å². The molecule has 2 atom stereocenters. The highest BCUT2D eigenvalue weighted by Crippen LogP contribution is 2.22. The molecule has 2 saturated heterocycles. The van der Waals surface area contributed by atoms with Crippen molar-refractivity contribution in [3.05, 3.63) is 0 Å². The molecule has 2 rings (SSSR count). The Morgan fingerprint density at radius 3 is 2.38 bits per heavy atom. The molecule has 2 fully saturated rings. The molecule has 0 aliphatic carbocycles. The fraction of sp³-hybridized carbons (Fsp3) is 1.00. The Hall–Kier alpha value is -0.200. The van der Waals surface area contributed by atoms with Gasteiger partial charge in [0.15, 0.2) is 0 Å². The molecule has 2 heterocycles. The summed E-state index contributed by atoms with van der Waals surface area (Å²) in [6, 6.07) is -0.113. The number of rotatable bonds is 1. The first-order valence-corrected chi connectivity index (χ1v) is 7.64. The predicted octanol–water partition coefficient (Wildman–Crippen LogP) is -0.0653. The summed E-state index contributed by atoms with van der Waals surface area (Å²) >= 11 is 0. The van der Waals surface area contributed by atoms with E-state index in [1.165, 1.54) is 0 Å². The van der Waals surface area contributed by atoms with Crippen LogP contribution in [0.4, 0.5) is 4.39 Å². The lowest BCUT2D eigenvalue weighted by Crippen LogP contribution is -2.53. The lowest BCUT2D eigenvalue weighted by atomic mass is 10.00. The van der Waals surface area contributed by atoms with Crippen molar-refractivity contribution in [2.45, 2.75) is 37.5 Å². The molecule has 0 aromatic heterocycles. The van der Waals surface area contributed by atoms with Crippen LogP contribution in [0.15, 0.2) is 0 Å². The summed E-state index contributed by atoms with van der Waals surface area (Å²) in [6.07, 6.45) is 0.992. The molecule has 0 aromatic carbocycles. The normalized spacial score (nSPS) is 37.4. The minimum absolute atomic E-state index is 0.231. The largest absolute Gasteiger partial charge is 0.325 e. The molecule has 0 spiro atoms. The van der Waals surface area contributed by atoms with Crippen molar-refractivity contribution in [3.63, 3.8) is 0 Å². The highest BCUT2D eigenvalue weighted by atomic mass is 32.2. The summed E-state index contributed by atoms with van der Waals surface area (Å²) in [4.78, 5) is 2.07. The first-order chi connectivity index (χ1) is 7.48. The highest BCUT2D eigenvalue weighted by Gasteiger charge is 2.33. The van der Waals surface area contributed by atoms with E-state index in [-0.39, 0.29) is 23.6 Å². The van der Waals surface area contributed by atoms with E-state index in [0.29, 0.717) is 25.8 Å². The lowest BCUT2D eigenvalue weighted by molar-refractivity contribution is 0.0794. The second kappa shape index (κ2) is 4.58. The average molecular weight is 250 g/mol. The van der Waals surface area contributed by atoms with Gasteiger partial charge in [-0.2, -0.15) is 0 Å². The van der Waals surface area contributed by atoms with E-state index in [9.17, 15) is 12.8 Å². The Bertz CT molecular complexity index is 333. The van der Waals surface area contributed by atoms with Crippen molar-refractivity contribution in [1.82, 2.24) is 4.90 Å². The van der Waals surface area contributed by atoms with Crippen molar-refractivity contribution in [2.24, 2.45) is 5.73 Å². The standard InChI is InChI=1S/C10H19FN2O2S/c11-9-7-13(4-1-10(9)12)8-2-5-16(14,15)6-3-8/h8-10H,1-7,12H2. The van der Waals surface area contributed by atoms with Crippen LogP contribution in [0, 0.1) is 0 Å². The number of likely N-dealkylation sites (tertiary alicyclic amines) is 1. The molecule has 2 unspecified atom stereocenters. The molecule has 0 amide bonds. The molecule has 0 aromatic rings. The van der Waals surface area contributed by atoms with Gasteiger partial charge in [-0.05, 0) is 19.3 Å². The van der Waals surface area contributed by atoms with Crippen LogP contribution in [0.1, 0.15) is 19.3 Å². The van der Waals surface area contributed by atoms with Crippen molar-refractivity contribution in [2.75, 3.05) is 24.6 Å². The van der Waals surface area contributed by atoms with Crippen LogP contribution in [0.3, 0.4) is 0 Å². The summed E-state index contributed by atoms with van der Waals surface area (Å²) in [5, 5.41) is 0. The third-order valence-electron chi connectivity index (χ3n) is 3.66. The monoisotopic (exact) mass is 250 g/mol. The summed E-state index contributed by atoms with van der Waals surface area (Å²) < 4.78 is 36.0. The Morgan fingerprint density at radius 1 is 1.19 bits per heavy atom. The fourth-order valence-corrected chi connectivity index (χ4v) is 3.99. The third kappa shape index (κ3) is 2.73. The third-order valence-corrected chi connectivity index (χ3v) is 5.38. The van der Waals surface area contributed by atoms with Gasteiger partial charge in [-0.1, -0.05) is 0 Å². The van der Waals surface area contributed by atoms with Gasteiger partial charge in [0, 0.05) is 25.2 Å². The molecule has 6 heteroatoms. The number of halogens is 1. The van der Waals surface area contributed by atoms with Gasteiger partial charge < -0.3 is 5.73 Å². The molecule has 0 radical (unpaired) electrons. The van der Waals surface area contributed by atoms with Crippen LogP contribution in [0.5, 0.6) is 0 Å². The van der Waals surface area contributed by atoms with E-state index in [2.05, 4.69) is 4.90 Å². The molecule has 0 bridgehead atoms. The van der Waals surface area contributed by atoms with E-state index >= 15 is 0 Å². The summed E-state index contributed by atoms with van der Waals surface area (Å²) in [5.74, 6) is 0.494. The summed E-state index contributed by atoms with van der Waals surface area (Å²) in [7, 11) is -2.82. The number of piperidine rings is 1. The molecular weight excluding hydrogens is 231 g/mol. The van der Waals surface area contributed by atoms with Crippen LogP contribution < -0.4 is 5.73 Å². The van der Waals surface area contributed by atoms with Gasteiger partial charge in [-0.15, -0.1) is 0 Å². The smallest absolute Gasteiger partial charge is 0.150 e. The Labute approximate surface area is 95.9 Å². The fourth-order valence-electron chi connectivity index (χ4n) is 2.52. The minimum Gasteiger partial charge on any atom is -0.325 e. The molecule has 2 aliphatic rings. The highest BCUT2D eigenvalue weighted by molar-refractivity contribution is 7.91. The number of sulfone groups is 1. The SMILES string of the molecule is NC1CCN(C2CCS(=O)(=O)CC2)CC1F. The maximum atomic E-state index is 13.4. The number of nitrogens with two attached hydrogens (primary N) is 1. The van der Waals surface area contributed by atoms with E-state index in [1.54, 1.807) is 0 Å². The lowest BCUT2D eigenvalue weighted by Gasteiger charge is -2.39. The van der Waals surface area contributed by atoms with Gasteiger partial charge >= 0.3 is 0 Å². The summed E-state index contributed by atoms with van der Waals surface area (Å²) in [6.45, 7) is 1.16. The number of hydrogen-bond donors (Lipinski definition) is 1. The molecule has 0 saturated carbocycles. The average Bonchev–Trinajstić information content (AvgIpc) is 2.22. The minimum atomic E-state index is -2.82. The van der Waals surface area contributed by atoms with Crippen LogP contribution in [-0.2, 0) is 9.84 Å². The van der Waals surface area contributed by atoms with Crippen LogP contribution >= 0.6 is 0 Å². The van der Waals surface area contributed by atoms with Crippen molar-refractivity contribution in [3.8, 4) is 0 Å². The zero-order valence-electron chi connectivity index (χ0n) is 9.31. The Morgan fingerprint density at radius 2 is 1.81 bits per heavy atom. The van der Waals surface area contributed by atoms with Gasteiger partial charge in [-0.3, -0.25) is 4.90 Å². The van der Waals surface area contributed by atoms with Crippen molar-refractivity contribution in [1.29, 1.82) is 0 Å². The van der Waals surface area contributed by atoms with E-state index in [0.717, 1.165) is 6.54 Å². The van der Waals surface area contributed by atoms with Crippen LogP contribution in [-0.4, -0.2) is 56.2 Å². The van der Waals surface area contributed by atoms with Crippen molar-refractivity contribution < 1.29 is 12.8 Å². The maximum Gasteiger partial charge on any atom is 0.150 e. The number of nitrogens with zero attached hydrogens (tertiary/aromatic N) is 1. The molecule has 2 aliphatic heterocycles. The van der Waals surface area contributed by atoms with Gasteiger partial charge in [-0.25, -0.2) is 12.8 Å². The Kier molecular flexibility index (Phi) is 3.51. The van der Waals surface area contributed by atoms with Gasteiger partial charge in [0.2, 0.25) is 0 Å². The van der Waals surface area contributed by atoms with Gasteiger partial charge in [0.25, 0.3) is 0 Å². The molecular formula is C10H19FN2O2S. The van der Waals surface area contributed by atoms with E-state index in [1.807, 2.05) is 0 Å². The topological polar surface area (TPSA) is 63.4 Å². The van der Waals surface area contributed by atoms with Gasteiger partial charge in [0.05, 0.1) is 11.5 Å². The first kappa shape index (κ1) is 12.3. The molecule has 2 N–H and O–H groups in total. The van der Waals surface area contributed by atoms with Gasteiger partial charge in [0.1, 0.15) is 16.0 Å². The quantitative estimate of drug-likeness (QED) is 0.708. The molecule has 4 nitrogen and oxygen atoms in total. The number of hydrogen-bond acceptors (Lipinski definition) is 4.